The van der Waals surface area contributed by atoms with E-state index in [-0.39, 0.29) is 19.9 Å². The summed E-state index contributed by atoms with van der Waals surface area (Å²) in [6.45, 7) is 0.968. The first-order valence-corrected chi connectivity index (χ1v) is 8.86. The number of benzene rings is 1. The van der Waals surface area contributed by atoms with Gasteiger partial charge in [0.2, 0.25) is 0 Å². The zero-order chi connectivity index (χ0) is 14.0. The number of likely N-dealkylation sites (N-methyl/N-ethyl adjacent to an activating group) is 1. The number of aromatic nitrogens is 2. The summed E-state index contributed by atoms with van der Waals surface area (Å²) >= 11 is 5.65. The van der Waals surface area contributed by atoms with Crippen molar-refractivity contribution in [2.24, 2.45) is 0 Å². The number of hydrogen-bond acceptors (Lipinski definition) is 5. The second-order valence-electron chi connectivity index (χ2n) is 4.21. The van der Waals surface area contributed by atoms with Gasteiger partial charge in [-0.3, -0.25) is 0 Å². The summed E-state index contributed by atoms with van der Waals surface area (Å²) in [6.07, 6.45) is 0. The number of hydrogen-bond donors (Lipinski definition) is 1. The van der Waals surface area contributed by atoms with Crippen LogP contribution < -0.4 is 4.72 Å². The normalized spacial score (nSPS) is 12.4. The van der Waals surface area contributed by atoms with Crippen LogP contribution in [-0.4, -0.2) is 63.4 Å². The van der Waals surface area contributed by atoms with Gasteiger partial charge in [0.05, 0.1) is 0 Å². The van der Waals surface area contributed by atoms with Crippen molar-refractivity contribution < 1.29 is 8.42 Å². The molecule has 0 unspecified atom stereocenters. The van der Waals surface area contributed by atoms with Crippen molar-refractivity contribution in [2.45, 2.75) is 4.90 Å². The molecule has 9 heteroatoms. The van der Waals surface area contributed by atoms with E-state index in [2.05, 4.69) is 12.7 Å². The first kappa shape index (κ1) is 14.9. The number of fused-ring (bicyclic) bond motifs is 1. The Morgan fingerprint density at radius 1 is 1.32 bits per heavy atom. The fourth-order valence-electron chi connectivity index (χ4n) is 1.51. The maximum atomic E-state index is 12.2. The van der Waals surface area contributed by atoms with Crippen LogP contribution in [0.25, 0.3) is 11.0 Å². The van der Waals surface area contributed by atoms with Crippen LogP contribution in [0.15, 0.2) is 17.0 Å². The second-order valence-corrected chi connectivity index (χ2v) is 7.46. The molecule has 6 nitrogen and oxygen atoms in total. The summed E-state index contributed by atoms with van der Waals surface area (Å²) in [5, 5.41) is 0.436. The Morgan fingerprint density at radius 3 is 2.68 bits per heavy atom. The van der Waals surface area contributed by atoms with Crippen molar-refractivity contribution in [3.63, 3.8) is 0 Å². The zero-order valence-corrected chi connectivity index (χ0v) is 13.7. The standard InChI is InChI=1S/C10H13ClN4O2SSe/c1-15(2)6-5-12-18(16,17)8-4-3-7(11)9-10(8)14-19-13-9/h3-4,12H,5-6H2,1-2H3. The quantitative estimate of drug-likeness (QED) is 0.763. The molecule has 0 aliphatic heterocycles. The molecule has 2 rings (SSSR count). The molecular weight excluding hydrogens is 355 g/mol. The summed E-state index contributed by atoms with van der Waals surface area (Å²) in [6, 6.07) is 3.01. The van der Waals surface area contributed by atoms with Gasteiger partial charge in [0.25, 0.3) is 0 Å². The van der Waals surface area contributed by atoms with Gasteiger partial charge in [-0.05, 0) is 0 Å². The topological polar surface area (TPSA) is 75.2 Å². The van der Waals surface area contributed by atoms with Crippen LogP contribution in [0.3, 0.4) is 0 Å². The zero-order valence-electron chi connectivity index (χ0n) is 10.4. The second kappa shape index (κ2) is 5.87. The molecular formula is C10H13ClN4O2SSe. The van der Waals surface area contributed by atoms with Gasteiger partial charge >= 0.3 is 123 Å². The molecule has 0 fully saturated rings. The van der Waals surface area contributed by atoms with Crippen molar-refractivity contribution in [1.29, 1.82) is 0 Å². The Kier molecular flexibility index (Phi) is 4.60. The van der Waals surface area contributed by atoms with Gasteiger partial charge < -0.3 is 0 Å². The van der Waals surface area contributed by atoms with E-state index >= 15 is 0 Å². The predicted octanol–water partition coefficient (Wildman–Crippen LogP) is 0.180. The molecule has 1 heterocycles. The van der Waals surface area contributed by atoms with E-state index < -0.39 is 10.0 Å². The monoisotopic (exact) mass is 368 g/mol. The Bertz CT molecular complexity index is 686. The SMILES string of the molecule is CN(C)CCNS(=O)(=O)c1ccc(Cl)c2n[se]nc12. The van der Waals surface area contributed by atoms with Gasteiger partial charge in [-0.2, -0.15) is 0 Å². The van der Waals surface area contributed by atoms with Crippen molar-refractivity contribution in [3.8, 4) is 0 Å². The molecule has 2 aromatic rings. The predicted molar refractivity (Wildman–Crippen MR) is 75.2 cm³/mol. The third-order valence-electron chi connectivity index (χ3n) is 2.47. The van der Waals surface area contributed by atoms with Crippen molar-refractivity contribution in [1.82, 2.24) is 17.6 Å². The number of halogens is 1. The summed E-state index contributed by atoms with van der Waals surface area (Å²) in [7, 11) is 0.183. The van der Waals surface area contributed by atoms with E-state index in [1.54, 1.807) is 6.07 Å². The van der Waals surface area contributed by atoms with Gasteiger partial charge in [0, 0.05) is 0 Å². The molecule has 0 saturated carbocycles. The van der Waals surface area contributed by atoms with Gasteiger partial charge in [0.1, 0.15) is 0 Å². The van der Waals surface area contributed by atoms with Gasteiger partial charge in [-0.15, -0.1) is 0 Å². The van der Waals surface area contributed by atoms with Crippen molar-refractivity contribution >= 4 is 47.6 Å². The van der Waals surface area contributed by atoms with Gasteiger partial charge in [-0.25, -0.2) is 0 Å². The van der Waals surface area contributed by atoms with E-state index in [1.807, 2.05) is 19.0 Å². The number of rotatable bonds is 5. The Morgan fingerprint density at radius 2 is 2.00 bits per heavy atom. The van der Waals surface area contributed by atoms with E-state index in [1.165, 1.54) is 6.07 Å². The van der Waals surface area contributed by atoms with E-state index in [9.17, 15) is 8.42 Å². The first-order valence-electron chi connectivity index (χ1n) is 5.47. The fraction of sp³-hybridized carbons (Fsp3) is 0.400. The first-order chi connectivity index (χ1) is 8.92. The molecule has 0 amide bonds. The molecule has 0 aliphatic carbocycles. The molecule has 0 radical (unpaired) electrons. The average Bonchev–Trinajstić information content (AvgIpc) is 2.77. The molecule has 0 bridgehead atoms. The van der Waals surface area contributed by atoms with Gasteiger partial charge in [0.15, 0.2) is 0 Å². The molecule has 0 spiro atoms. The Labute approximate surface area is 123 Å². The number of sulfonamides is 1. The summed E-state index contributed by atoms with van der Waals surface area (Å²) in [5.74, 6) is 0. The third-order valence-corrected chi connectivity index (χ3v) is 5.38. The van der Waals surface area contributed by atoms with Crippen LogP contribution in [0.5, 0.6) is 0 Å². The molecule has 1 aromatic carbocycles. The Hall–Kier alpha value is -0.501. The number of nitrogens with zero attached hydrogens (tertiary/aromatic N) is 3. The fourth-order valence-corrected chi connectivity index (χ4v) is 4.31. The average molecular weight is 368 g/mol. The van der Waals surface area contributed by atoms with E-state index in [0.29, 0.717) is 29.1 Å². The van der Waals surface area contributed by atoms with E-state index in [4.69, 9.17) is 11.6 Å². The molecule has 1 aromatic heterocycles. The van der Waals surface area contributed by atoms with Crippen molar-refractivity contribution in [2.75, 3.05) is 27.2 Å². The van der Waals surface area contributed by atoms with Crippen LogP contribution in [0.2, 0.25) is 5.02 Å². The third kappa shape index (κ3) is 3.34. The summed E-state index contributed by atoms with van der Waals surface area (Å²) < 4.78 is 35.3. The van der Waals surface area contributed by atoms with Crippen LogP contribution in [0, 0.1) is 0 Å². The molecule has 0 atom stereocenters. The molecule has 0 aliphatic rings. The number of nitrogens with one attached hydrogen (secondary N) is 1. The Balaban J connectivity index is 2.33. The molecule has 1 N–H and O–H groups in total. The van der Waals surface area contributed by atoms with Crippen LogP contribution in [0.4, 0.5) is 0 Å². The summed E-state index contributed by atoms with van der Waals surface area (Å²) in [5.41, 5.74) is 0.863. The molecule has 19 heavy (non-hydrogen) atoms. The molecule has 0 saturated heterocycles. The minimum absolute atomic E-state index is 0.147. The molecule has 104 valence electrons. The minimum atomic E-state index is -3.58. The van der Waals surface area contributed by atoms with Crippen molar-refractivity contribution in [3.05, 3.63) is 17.2 Å². The van der Waals surface area contributed by atoms with Gasteiger partial charge in [-0.1, -0.05) is 0 Å². The van der Waals surface area contributed by atoms with E-state index in [0.717, 1.165) is 0 Å². The van der Waals surface area contributed by atoms with Crippen LogP contribution >= 0.6 is 11.6 Å². The van der Waals surface area contributed by atoms with Crippen LogP contribution in [0.1, 0.15) is 0 Å². The van der Waals surface area contributed by atoms with Crippen LogP contribution in [-0.2, 0) is 10.0 Å². The summed E-state index contributed by atoms with van der Waals surface area (Å²) in [4.78, 5) is 2.05. The maximum absolute atomic E-state index is 12.2.